The number of benzene rings is 1. The average molecular weight is 311 g/mol. The van der Waals surface area contributed by atoms with Crippen molar-refractivity contribution in [1.82, 2.24) is 9.46 Å². The lowest BCUT2D eigenvalue weighted by Crippen LogP contribution is -2.25. The van der Waals surface area contributed by atoms with Gasteiger partial charge in [-0.25, -0.2) is 4.98 Å². The minimum Gasteiger partial charge on any atom is -0.381 e. The molecule has 2 unspecified atom stereocenters. The number of rotatable bonds is 1. The fraction of sp³-hybridized carbons (Fsp3) is 0.188. The Balaban J connectivity index is 1.51. The van der Waals surface area contributed by atoms with E-state index in [4.69, 9.17) is 20.9 Å². The maximum atomic E-state index is 6.09. The molecular formula is C16H12BClN2O2. The molecule has 108 valence electrons. The van der Waals surface area contributed by atoms with Gasteiger partial charge in [0, 0.05) is 11.6 Å². The van der Waals surface area contributed by atoms with E-state index < -0.39 is 7.25 Å². The van der Waals surface area contributed by atoms with Crippen LogP contribution in [0.4, 0.5) is 0 Å². The minimum atomic E-state index is -0.450. The maximum Gasteiger partial charge on any atom is 0.599 e. The van der Waals surface area contributed by atoms with Crippen LogP contribution in [0.3, 0.4) is 0 Å². The number of halogens is 1. The van der Waals surface area contributed by atoms with Gasteiger partial charge in [-0.1, -0.05) is 35.4 Å². The van der Waals surface area contributed by atoms with Crippen LogP contribution in [0.15, 0.2) is 42.7 Å². The highest BCUT2D eigenvalue weighted by Gasteiger charge is 2.51. The molecule has 2 atom stereocenters. The predicted molar refractivity (Wildman–Crippen MR) is 84.7 cm³/mol. The molecule has 2 aliphatic rings. The van der Waals surface area contributed by atoms with Crippen LogP contribution < -0.4 is 0 Å². The molecule has 22 heavy (non-hydrogen) atoms. The number of hydrogen-bond donors (Lipinski definition) is 0. The molecule has 0 bridgehead atoms. The first-order valence-electron chi connectivity index (χ1n) is 7.24. The lowest BCUT2D eigenvalue weighted by molar-refractivity contribution is 0.121. The Hall–Kier alpha value is -1.82. The van der Waals surface area contributed by atoms with E-state index in [-0.39, 0.29) is 12.2 Å². The molecule has 6 heteroatoms. The van der Waals surface area contributed by atoms with Crippen LogP contribution in [0.2, 0.25) is 5.02 Å². The summed E-state index contributed by atoms with van der Waals surface area (Å²) < 4.78 is 14.1. The lowest BCUT2D eigenvalue weighted by Gasteiger charge is -2.32. The molecule has 1 fully saturated rings. The van der Waals surface area contributed by atoms with Gasteiger partial charge in [-0.2, -0.15) is 0 Å². The zero-order valence-electron chi connectivity index (χ0n) is 11.9. The van der Waals surface area contributed by atoms with Gasteiger partial charge in [0.2, 0.25) is 0 Å². The summed E-state index contributed by atoms with van der Waals surface area (Å²) in [5, 5.41) is 1.61. The number of nitrogens with zero attached hydrogens (tertiary/aromatic N) is 2. The van der Waals surface area contributed by atoms with Crippen molar-refractivity contribution in [2.45, 2.75) is 19.1 Å². The van der Waals surface area contributed by atoms with Gasteiger partial charge in [0.1, 0.15) is 5.65 Å². The smallest absolute Gasteiger partial charge is 0.381 e. The van der Waals surface area contributed by atoms with Gasteiger partial charge in [0.25, 0.3) is 0 Å². The van der Waals surface area contributed by atoms with Crippen molar-refractivity contribution >= 4 is 29.9 Å². The third kappa shape index (κ3) is 1.64. The first-order valence-corrected chi connectivity index (χ1v) is 7.62. The third-order valence-corrected chi connectivity index (χ3v) is 4.61. The van der Waals surface area contributed by atoms with Crippen LogP contribution in [-0.2, 0) is 9.31 Å². The highest BCUT2D eigenvalue weighted by Crippen LogP contribution is 2.53. The second-order valence-corrected chi connectivity index (χ2v) is 6.28. The van der Waals surface area contributed by atoms with E-state index in [2.05, 4.69) is 30.1 Å². The average Bonchev–Trinajstić information content (AvgIpc) is 3.07. The van der Waals surface area contributed by atoms with E-state index in [0.717, 1.165) is 11.0 Å². The van der Waals surface area contributed by atoms with Crippen LogP contribution in [0.1, 0.15) is 28.9 Å². The number of aromatic nitrogens is 2. The summed E-state index contributed by atoms with van der Waals surface area (Å²) in [5.74, 6) is 0. The molecule has 1 aliphatic heterocycles. The molecule has 0 spiro atoms. The van der Waals surface area contributed by atoms with Gasteiger partial charge in [-0.15, -0.1) is 0 Å². The number of hydrogen-bond acceptors (Lipinski definition) is 3. The van der Waals surface area contributed by atoms with Crippen LogP contribution >= 0.6 is 11.6 Å². The van der Waals surface area contributed by atoms with Crippen LogP contribution in [0.25, 0.3) is 11.0 Å². The Morgan fingerprint density at radius 3 is 2.82 bits per heavy atom. The molecular weight excluding hydrogens is 298 g/mol. The molecule has 1 aromatic carbocycles. The predicted octanol–water partition coefficient (Wildman–Crippen LogP) is 3.67. The summed E-state index contributed by atoms with van der Waals surface area (Å²) in [4.78, 5) is 4.39. The summed E-state index contributed by atoms with van der Waals surface area (Å²) in [5.41, 5.74) is 4.52. The summed E-state index contributed by atoms with van der Waals surface area (Å²) in [6, 6.07) is 10.3. The zero-order valence-corrected chi connectivity index (χ0v) is 12.6. The van der Waals surface area contributed by atoms with E-state index in [9.17, 15) is 0 Å². The molecule has 0 radical (unpaired) electrons. The summed E-state index contributed by atoms with van der Waals surface area (Å²) in [6.07, 6.45) is 3.61. The fourth-order valence-electron chi connectivity index (χ4n) is 3.32. The minimum absolute atomic E-state index is 0.0182. The first kappa shape index (κ1) is 12.7. The molecule has 3 heterocycles. The number of fused-ring (bicyclic) bond motifs is 5. The van der Waals surface area contributed by atoms with Crippen molar-refractivity contribution in [2.75, 3.05) is 0 Å². The van der Waals surface area contributed by atoms with Gasteiger partial charge in [0.15, 0.2) is 0 Å². The second kappa shape index (κ2) is 4.35. The Kier molecular flexibility index (Phi) is 2.51. The summed E-state index contributed by atoms with van der Waals surface area (Å²) >= 11 is 5.99. The quantitative estimate of drug-likeness (QED) is 0.643. The van der Waals surface area contributed by atoms with Crippen LogP contribution in [0, 0.1) is 6.92 Å². The zero-order chi connectivity index (χ0) is 14.8. The van der Waals surface area contributed by atoms with Gasteiger partial charge in [0.05, 0.1) is 17.2 Å². The highest BCUT2D eigenvalue weighted by atomic mass is 35.5. The maximum absolute atomic E-state index is 6.09. The fourth-order valence-corrected chi connectivity index (χ4v) is 3.49. The van der Waals surface area contributed by atoms with E-state index in [1.165, 1.54) is 16.7 Å². The van der Waals surface area contributed by atoms with Crippen molar-refractivity contribution in [3.05, 3.63) is 64.4 Å². The Morgan fingerprint density at radius 1 is 1.14 bits per heavy atom. The molecule has 5 rings (SSSR count). The van der Waals surface area contributed by atoms with Crippen LogP contribution in [0.5, 0.6) is 0 Å². The van der Waals surface area contributed by atoms with Crippen molar-refractivity contribution in [3.8, 4) is 0 Å². The standard InChI is InChI=1S/C16H12BClN2O2/c1-9-2-3-12-13(6-9)15-14(12)21-17(22-15)20-5-4-10-7-11(18)8-19-16(10)20/h2-8,14-15H,1H3. The SMILES string of the molecule is Cc1ccc2c(c1)C1OB(n3ccc4cc(Cl)cnc43)OC21. The summed E-state index contributed by atoms with van der Waals surface area (Å²) in [7, 11) is -0.450. The van der Waals surface area contributed by atoms with Crippen LogP contribution in [-0.4, -0.2) is 16.7 Å². The summed E-state index contributed by atoms with van der Waals surface area (Å²) in [6.45, 7) is 2.09. The van der Waals surface area contributed by atoms with Crippen molar-refractivity contribution in [3.63, 3.8) is 0 Å². The molecule has 3 aromatic rings. The van der Waals surface area contributed by atoms with Crippen molar-refractivity contribution in [2.24, 2.45) is 0 Å². The van der Waals surface area contributed by atoms with Crippen molar-refractivity contribution < 1.29 is 9.31 Å². The van der Waals surface area contributed by atoms with Gasteiger partial charge >= 0.3 is 7.25 Å². The molecule has 0 amide bonds. The molecule has 0 N–H and O–H groups in total. The van der Waals surface area contributed by atoms with Gasteiger partial charge < -0.3 is 13.8 Å². The number of pyridine rings is 1. The normalized spacial score (nSPS) is 22.5. The Labute approximate surface area is 132 Å². The van der Waals surface area contributed by atoms with Crippen molar-refractivity contribution in [1.29, 1.82) is 0 Å². The molecule has 1 aliphatic carbocycles. The molecule has 1 saturated heterocycles. The molecule has 0 saturated carbocycles. The largest absolute Gasteiger partial charge is 0.599 e. The monoisotopic (exact) mass is 310 g/mol. The van der Waals surface area contributed by atoms with E-state index in [1.807, 2.05) is 22.8 Å². The molecule has 4 nitrogen and oxygen atoms in total. The van der Waals surface area contributed by atoms with Gasteiger partial charge in [-0.3, -0.25) is 0 Å². The first-order chi connectivity index (χ1) is 10.7. The second-order valence-electron chi connectivity index (χ2n) is 5.84. The highest BCUT2D eigenvalue weighted by molar-refractivity contribution is 6.45. The third-order valence-electron chi connectivity index (χ3n) is 4.40. The Morgan fingerprint density at radius 2 is 1.95 bits per heavy atom. The topological polar surface area (TPSA) is 36.3 Å². The number of aryl methyl sites for hydroxylation is 1. The van der Waals surface area contributed by atoms with Gasteiger partial charge in [-0.05, 0) is 36.4 Å². The molecule has 2 aromatic heterocycles. The van der Waals surface area contributed by atoms with E-state index in [1.54, 1.807) is 6.20 Å². The van der Waals surface area contributed by atoms with E-state index >= 15 is 0 Å². The van der Waals surface area contributed by atoms with E-state index in [0.29, 0.717) is 5.02 Å². The lowest BCUT2D eigenvalue weighted by atomic mass is 9.82. The Bertz CT molecular complexity index is 910.